The summed E-state index contributed by atoms with van der Waals surface area (Å²) in [6.45, 7) is 4.59. The van der Waals surface area contributed by atoms with Crippen molar-refractivity contribution in [3.63, 3.8) is 0 Å². The molecule has 0 aromatic carbocycles. The molecule has 4 bridgehead atoms. The van der Waals surface area contributed by atoms with Gasteiger partial charge in [-0.05, 0) is 81.8 Å². The summed E-state index contributed by atoms with van der Waals surface area (Å²) < 4.78 is 34.9. The van der Waals surface area contributed by atoms with Gasteiger partial charge in [-0.15, -0.1) is 0 Å². The van der Waals surface area contributed by atoms with Crippen molar-refractivity contribution in [1.29, 1.82) is 0 Å². The average molecular weight is 569 g/mol. The molecule has 0 aliphatic heterocycles. The number of fused-ring (bicyclic) bond motifs is 4. The number of hydrogen-bond donors (Lipinski definition) is 0. The molecule has 0 aromatic heterocycles. The maximum atomic E-state index is 13.0. The third kappa shape index (κ3) is 8.22. The van der Waals surface area contributed by atoms with Gasteiger partial charge in [-0.25, -0.2) is 0 Å². The Kier molecular flexibility index (Phi) is 11.4. The summed E-state index contributed by atoms with van der Waals surface area (Å²) in [5.41, 5.74) is 0. The Hall–Kier alpha value is -1.08. The van der Waals surface area contributed by atoms with Gasteiger partial charge in [0.25, 0.3) is 0 Å². The highest BCUT2D eigenvalue weighted by molar-refractivity contribution is 7.99. The van der Waals surface area contributed by atoms with Gasteiger partial charge >= 0.3 is 19.5 Å². The minimum Gasteiger partial charge on any atom is -0.461 e. The Morgan fingerprint density at radius 3 is 2.00 bits per heavy atom. The average Bonchev–Trinajstić information content (AvgIpc) is 3.71. The van der Waals surface area contributed by atoms with Gasteiger partial charge in [0.15, 0.2) is 0 Å². The van der Waals surface area contributed by atoms with Crippen molar-refractivity contribution in [2.45, 2.75) is 71.3 Å². The van der Waals surface area contributed by atoms with E-state index >= 15 is 0 Å². The van der Waals surface area contributed by atoms with E-state index in [4.69, 9.17) is 18.5 Å². The van der Waals surface area contributed by atoms with Crippen LogP contribution in [0.4, 0.5) is 0 Å². The lowest BCUT2D eigenvalue weighted by Gasteiger charge is -2.24. The fourth-order valence-electron chi connectivity index (χ4n) is 6.39. The van der Waals surface area contributed by atoms with Crippen molar-refractivity contribution in [2.24, 2.45) is 35.5 Å². The van der Waals surface area contributed by atoms with Crippen LogP contribution in [0.5, 0.6) is 0 Å². The van der Waals surface area contributed by atoms with E-state index in [0.717, 1.165) is 57.1 Å². The van der Waals surface area contributed by atoms with Gasteiger partial charge in [0, 0.05) is 5.75 Å². The smallest absolute Gasteiger partial charge is 0.330 e. The Labute approximate surface area is 232 Å². The second kappa shape index (κ2) is 14.5. The van der Waals surface area contributed by atoms with E-state index in [1.807, 2.05) is 13.8 Å². The van der Waals surface area contributed by atoms with E-state index in [-0.39, 0.29) is 30.4 Å². The molecule has 38 heavy (non-hydrogen) atoms. The van der Waals surface area contributed by atoms with Gasteiger partial charge in [0.2, 0.25) is 0 Å². The first-order valence-electron chi connectivity index (χ1n) is 14.6. The normalized spacial score (nSPS) is 29.7. The second-order valence-electron chi connectivity index (χ2n) is 11.1. The van der Waals surface area contributed by atoms with Gasteiger partial charge in [-0.3, -0.25) is 14.2 Å². The van der Waals surface area contributed by atoms with Crippen molar-refractivity contribution in [3.05, 3.63) is 24.3 Å². The summed E-state index contributed by atoms with van der Waals surface area (Å²) in [4.78, 5) is 25.7. The lowest BCUT2D eigenvalue weighted by Crippen LogP contribution is -2.33. The summed E-state index contributed by atoms with van der Waals surface area (Å²) >= 11 is 1.74. The van der Waals surface area contributed by atoms with Gasteiger partial charge in [0.1, 0.15) is 12.7 Å². The number of carbonyl (C=O) groups excluding carboxylic acids is 2. The number of ether oxygens (including phenoxy) is 2. The fourth-order valence-corrected chi connectivity index (χ4v) is 9.12. The number of rotatable bonds is 18. The van der Waals surface area contributed by atoms with E-state index in [0.29, 0.717) is 48.8 Å². The predicted octanol–water partition coefficient (Wildman–Crippen LogP) is 6.43. The first-order valence-corrected chi connectivity index (χ1v) is 17.5. The molecule has 2 saturated carbocycles. The minimum atomic E-state index is -2.95. The Morgan fingerprint density at radius 1 is 0.842 bits per heavy atom. The quantitative estimate of drug-likeness (QED) is 0.0810. The van der Waals surface area contributed by atoms with Crippen LogP contribution in [0, 0.1) is 35.5 Å². The maximum absolute atomic E-state index is 13.0. The molecule has 7 nitrogen and oxygen atoms in total. The molecule has 0 heterocycles. The topological polar surface area (TPSA) is 88.1 Å². The molecule has 0 spiro atoms. The van der Waals surface area contributed by atoms with E-state index in [1.54, 1.807) is 11.8 Å². The van der Waals surface area contributed by atoms with Crippen molar-refractivity contribution >= 4 is 31.3 Å². The maximum Gasteiger partial charge on any atom is 0.330 e. The molecular weight excluding hydrogens is 523 g/mol. The zero-order valence-corrected chi connectivity index (χ0v) is 24.7. The van der Waals surface area contributed by atoms with Crippen LogP contribution in [-0.4, -0.2) is 55.5 Å². The zero-order chi connectivity index (χ0) is 27.0. The van der Waals surface area contributed by atoms with Crippen LogP contribution in [0.15, 0.2) is 24.3 Å². The number of unbranched alkanes of at least 4 members (excludes halogenated alkanes) is 3. The van der Waals surface area contributed by atoms with Crippen LogP contribution in [0.1, 0.15) is 65.2 Å². The van der Waals surface area contributed by atoms with E-state index in [1.165, 1.54) is 0 Å². The number of allylic oxidation sites excluding steroid dienone is 4. The monoisotopic (exact) mass is 568 g/mol. The van der Waals surface area contributed by atoms with E-state index in [9.17, 15) is 14.2 Å². The SMILES string of the molecule is CCOP(=O)(CCCCCCSCC(COC(=O)C1CC2C=CC1C2)OC(=O)[C@@H]1CC2C=CC1C2)OCC. The number of carbonyl (C=O) groups is 2. The summed E-state index contributed by atoms with van der Waals surface area (Å²) in [6.07, 6.45) is 16.5. The molecule has 4 aliphatic rings. The first-order chi connectivity index (χ1) is 18.4. The van der Waals surface area contributed by atoms with Crippen molar-refractivity contribution in [3.8, 4) is 0 Å². The minimum absolute atomic E-state index is 0.0505. The van der Waals surface area contributed by atoms with Crippen molar-refractivity contribution in [1.82, 2.24) is 0 Å². The van der Waals surface area contributed by atoms with Gasteiger partial charge in [-0.1, -0.05) is 37.1 Å². The Balaban J connectivity index is 1.17. The molecule has 0 saturated heterocycles. The predicted molar refractivity (Wildman–Crippen MR) is 150 cm³/mol. The van der Waals surface area contributed by atoms with Gasteiger partial charge in [0.05, 0.1) is 31.2 Å². The molecule has 9 heteroatoms. The third-order valence-electron chi connectivity index (χ3n) is 8.28. The molecule has 214 valence electrons. The molecule has 0 amide bonds. The van der Waals surface area contributed by atoms with Crippen molar-refractivity contribution < 1.29 is 32.7 Å². The van der Waals surface area contributed by atoms with Gasteiger partial charge < -0.3 is 18.5 Å². The Bertz CT molecular complexity index is 895. The van der Waals surface area contributed by atoms with E-state index < -0.39 is 13.7 Å². The van der Waals surface area contributed by atoms with Gasteiger partial charge in [-0.2, -0.15) is 11.8 Å². The van der Waals surface area contributed by atoms with Crippen LogP contribution in [0.25, 0.3) is 0 Å². The Morgan fingerprint density at radius 2 is 1.45 bits per heavy atom. The van der Waals surface area contributed by atoms with Crippen LogP contribution < -0.4 is 0 Å². The van der Waals surface area contributed by atoms with Crippen LogP contribution in [0.2, 0.25) is 0 Å². The first kappa shape index (κ1) is 29.9. The molecule has 2 fully saturated rings. The third-order valence-corrected chi connectivity index (χ3v) is 11.6. The molecular formula is C29H45O7PS. The summed E-state index contributed by atoms with van der Waals surface area (Å²) in [6, 6.07) is 0. The van der Waals surface area contributed by atoms with Crippen LogP contribution in [-0.2, 0) is 32.7 Å². The molecule has 4 rings (SSSR count). The van der Waals surface area contributed by atoms with Crippen molar-refractivity contribution in [2.75, 3.05) is 37.5 Å². The number of hydrogen-bond acceptors (Lipinski definition) is 8. The molecule has 0 radical (unpaired) electrons. The lowest BCUT2D eigenvalue weighted by atomic mass is 9.94. The molecule has 0 aromatic rings. The largest absolute Gasteiger partial charge is 0.461 e. The lowest BCUT2D eigenvalue weighted by molar-refractivity contribution is -0.163. The highest BCUT2D eigenvalue weighted by Crippen LogP contribution is 2.49. The summed E-state index contributed by atoms with van der Waals surface area (Å²) in [5, 5.41) is 0. The van der Waals surface area contributed by atoms with Crippen LogP contribution >= 0.6 is 19.4 Å². The fraction of sp³-hybridized carbons (Fsp3) is 0.793. The zero-order valence-electron chi connectivity index (χ0n) is 23.0. The highest BCUT2D eigenvalue weighted by Gasteiger charge is 2.43. The highest BCUT2D eigenvalue weighted by atomic mass is 32.2. The van der Waals surface area contributed by atoms with E-state index in [2.05, 4.69) is 24.3 Å². The molecule has 0 N–H and O–H groups in total. The summed E-state index contributed by atoms with van der Waals surface area (Å²) in [5.74, 6) is 2.78. The molecule has 4 aliphatic carbocycles. The number of thioether (sulfide) groups is 1. The second-order valence-corrected chi connectivity index (χ2v) is 14.5. The van der Waals surface area contributed by atoms with Crippen LogP contribution in [0.3, 0.4) is 0 Å². The molecule has 7 atom stereocenters. The number of esters is 2. The summed E-state index contributed by atoms with van der Waals surface area (Å²) in [7, 11) is -2.95. The standard InChI is InChI=1S/C29H45O7PS/c1-3-34-37(32,35-4-2)13-7-5-6-8-14-38-20-25(36-29(31)27-18-22-10-12-24(27)16-22)19-33-28(30)26-17-21-9-11-23(26)15-21/h9-12,21-27H,3-8,13-20H2,1-2H3/t21?,22?,23?,24?,25?,26?,27-/m1/s1. The molecule has 6 unspecified atom stereocenters.